The third-order valence-electron chi connectivity index (χ3n) is 2.30. The molecule has 1 heterocycles. The molecule has 2 aromatic rings. The molecule has 0 amide bonds. The number of carboxylic acid groups (broad SMARTS) is 1. The van der Waals surface area contributed by atoms with Crippen molar-refractivity contribution in [2.75, 3.05) is 0 Å². The lowest BCUT2D eigenvalue weighted by Gasteiger charge is -2.04. The molecule has 0 aliphatic heterocycles. The summed E-state index contributed by atoms with van der Waals surface area (Å²) in [6.07, 6.45) is 0. The lowest BCUT2D eigenvalue weighted by molar-refractivity contribution is 0.0695. The number of aromatic carboxylic acids is 1. The number of hydrogen-bond donors (Lipinski definition) is 1. The average molecular weight is 266 g/mol. The maximum absolute atomic E-state index is 13.2. The van der Waals surface area contributed by atoms with E-state index >= 15 is 0 Å². The van der Waals surface area contributed by atoms with Gasteiger partial charge in [-0.05, 0) is 35.2 Å². The first-order chi connectivity index (χ1) is 8.65. The van der Waals surface area contributed by atoms with Gasteiger partial charge in [0.25, 0.3) is 0 Å². The van der Waals surface area contributed by atoms with Crippen molar-refractivity contribution in [2.45, 2.75) is 13.2 Å². The van der Waals surface area contributed by atoms with Crippen LogP contribution in [0.4, 0.5) is 4.39 Å². The van der Waals surface area contributed by atoms with Gasteiger partial charge in [0, 0.05) is 4.88 Å². The summed E-state index contributed by atoms with van der Waals surface area (Å²) < 4.78 is 18.6. The van der Waals surface area contributed by atoms with E-state index in [1.165, 1.54) is 12.1 Å². The van der Waals surface area contributed by atoms with Crippen molar-refractivity contribution in [1.82, 2.24) is 0 Å². The summed E-state index contributed by atoms with van der Waals surface area (Å²) in [7, 11) is 0. The second-order valence-electron chi connectivity index (χ2n) is 3.73. The molecule has 94 valence electrons. The van der Waals surface area contributed by atoms with Crippen LogP contribution in [-0.2, 0) is 18.0 Å². The van der Waals surface area contributed by atoms with Gasteiger partial charge in [0.15, 0.2) is 0 Å². The minimum Gasteiger partial charge on any atom is -0.478 e. The second-order valence-corrected chi connectivity index (χ2v) is 4.76. The highest BCUT2D eigenvalue weighted by atomic mass is 32.1. The molecule has 0 bridgehead atoms. The summed E-state index contributed by atoms with van der Waals surface area (Å²) in [5.74, 6) is -1.71. The number of thiophene rings is 1. The number of rotatable bonds is 5. The Morgan fingerprint density at radius 1 is 1.33 bits per heavy atom. The van der Waals surface area contributed by atoms with Gasteiger partial charge in [0.05, 0.1) is 18.8 Å². The Morgan fingerprint density at radius 2 is 2.17 bits per heavy atom. The Hall–Kier alpha value is -1.72. The molecule has 1 aromatic heterocycles. The Labute approximate surface area is 107 Å². The topological polar surface area (TPSA) is 46.5 Å². The minimum absolute atomic E-state index is 0.0651. The molecule has 5 heteroatoms. The predicted molar refractivity (Wildman–Crippen MR) is 66.2 cm³/mol. The Kier molecular flexibility index (Phi) is 4.07. The maximum atomic E-state index is 13.2. The summed E-state index contributed by atoms with van der Waals surface area (Å²) in [6, 6.07) is 7.55. The van der Waals surface area contributed by atoms with Gasteiger partial charge in [-0.1, -0.05) is 6.07 Å². The number of benzene rings is 1. The van der Waals surface area contributed by atoms with E-state index < -0.39 is 11.8 Å². The standard InChI is InChI=1S/C13H11FO3S/c14-11-5-9(4-10(6-11)13(15)16)7-17-8-12-2-1-3-18-12/h1-6H,7-8H2,(H,15,16). The summed E-state index contributed by atoms with van der Waals surface area (Å²) >= 11 is 1.58. The predicted octanol–water partition coefficient (Wildman–Crippen LogP) is 3.30. The van der Waals surface area contributed by atoms with E-state index in [4.69, 9.17) is 9.84 Å². The van der Waals surface area contributed by atoms with Crippen molar-refractivity contribution in [2.24, 2.45) is 0 Å². The fraction of sp³-hybridized carbons (Fsp3) is 0.154. The molecule has 2 rings (SSSR count). The van der Waals surface area contributed by atoms with Crippen molar-refractivity contribution >= 4 is 17.3 Å². The van der Waals surface area contributed by atoms with Crippen LogP contribution >= 0.6 is 11.3 Å². The first-order valence-electron chi connectivity index (χ1n) is 5.28. The van der Waals surface area contributed by atoms with Crippen molar-refractivity contribution in [3.63, 3.8) is 0 Å². The summed E-state index contributed by atoms with van der Waals surface area (Å²) in [6.45, 7) is 0.631. The molecule has 0 atom stereocenters. The molecule has 1 aromatic carbocycles. The fourth-order valence-electron chi connectivity index (χ4n) is 1.52. The highest BCUT2D eigenvalue weighted by molar-refractivity contribution is 7.09. The minimum atomic E-state index is -1.14. The SMILES string of the molecule is O=C(O)c1cc(F)cc(COCc2cccs2)c1. The quantitative estimate of drug-likeness (QED) is 0.903. The molecule has 0 radical (unpaired) electrons. The molecule has 0 spiro atoms. The third-order valence-corrected chi connectivity index (χ3v) is 3.15. The van der Waals surface area contributed by atoms with Crippen LogP contribution in [0.15, 0.2) is 35.7 Å². The van der Waals surface area contributed by atoms with Crippen LogP contribution in [0.2, 0.25) is 0 Å². The van der Waals surface area contributed by atoms with Gasteiger partial charge in [0.1, 0.15) is 5.82 Å². The van der Waals surface area contributed by atoms with E-state index in [2.05, 4.69) is 0 Å². The fourth-order valence-corrected chi connectivity index (χ4v) is 2.16. The number of carbonyl (C=O) groups is 1. The van der Waals surface area contributed by atoms with Gasteiger partial charge in [-0.3, -0.25) is 0 Å². The molecule has 0 saturated carbocycles. The summed E-state index contributed by atoms with van der Waals surface area (Å²) in [5.41, 5.74) is 0.452. The second kappa shape index (κ2) is 5.75. The normalized spacial score (nSPS) is 10.5. The Balaban J connectivity index is 1.98. The molecule has 18 heavy (non-hydrogen) atoms. The smallest absolute Gasteiger partial charge is 0.335 e. The number of halogens is 1. The van der Waals surface area contributed by atoms with Crippen molar-refractivity contribution < 1.29 is 19.0 Å². The summed E-state index contributed by atoms with van der Waals surface area (Å²) in [4.78, 5) is 11.8. The Morgan fingerprint density at radius 3 is 2.83 bits per heavy atom. The van der Waals surface area contributed by atoms with Gasteiger partial charge in [-0.15, -0.1) is 11.3 Å². The van der Waals surface area contributed by atoms with E-state index in [1.54, 1.807) is 11.3 Å². The van der Waals surface area contributed by atoms with E-state index in [9.17, 15) is 9.18 Å². The number of hydrogen-bond acceptors (Lipinski definition) is 3. The van der Waals surface area contributed by atoms with Crippen molar-refractivity contribution in [3.05, 3.63) is 57.5 Å². The average Bonchev–Trinajstić information content (AvgIpc) is 2.81. The number of carboxylic acids is 1. The first-order valence-corrected chi connectivity index (χ1v) is 6.16. The van der Waals surface area contributed by atoms with E-state index in [-0.39, 0.29) is 12.2 Å². The highest BCUT2D eigenvalue weighted by Crippen LogP contribution is 2.14. The zero-order valence-electron chi connectivity index (χ0n) is 9.43. The van der Waals surface area contributed by atoms with Crippen LogP contribution < -0.4 is 0 Å². The molecule has 0 unspecified atom stereocenters. The molecular weight excluding hydrogens is 255 g/mol. The zero-order chi connectivity index (χ0) is 13.0. The Bertz CT molecular complexity index is 537. The highest BCUT2D eigenvalue weighted by Gasteiger charge is 2.07. The van der Waals surface area contributed by atoms with Crippen molar-refractivity contribution in [3.8, 4) is 0 Å². The molecule has 1 N–H and O–H groups in total. The first kappa shape index (κ1) is 12.7. The van der Waals surface area contributed by atoms with E-state index in [1.807, 2.05) is 17.5 Å². The molecule has 3 nitrogen and oxygen atoms in total. The zero-order valence-corrected chi connectivity index (χ0v) is 10.2. The molecular formula is C13H11FO3S. The van der Waals surface area contributed by atoms with Crippen LogP contribution in [0, 0.1) is 5.82 Å². The third kappa shape index (κ3) is 3.38. The van der Waals surface area contributed by atoms with Gasteiger partial charge in [0.2, 0.25) is 0 Å². The molecule has 0 aliphatic rings. The maximum Gasteiger partial charge on any atom is 0.335 e. The monoisotopic (exact) mass is 266 g/mol. The lowest BCUT2D eigenvalue weighted by atomic mass is 10.1. The van der Waals surface area contributed by atoms with E-state index in [0.717, 1.165) is 10.9 Å². The number of ether oxygens (including phenoxy) is 1. The lowest BCUT2D eigenvalue weighted by Crippen LogP contribution is -2.00. The summed E-state index contributed by atoms with van der Waals surface area (Å²) in [5, 5.41) is 10.8. The molecule has 0 fully saturated rings. The van der Waals surface area contributed by atoms with Crippen LogP contribution in [-0.4, -0.2) is 11.1 Å². The van der Waals surface area contributed by atoms with Gasteiger partial charge >= 0.3 is 5.97 Å². The van der Waals surface area contributed by atoms with Crippen LogP contribution in [0.1, 0.15) is 20.8 Å². The van der Waals surface area contributed by atoms with E-state index in [0.29, 0.717) is 12.2 Å². The largest absolute Gasteiger partial charge is 0.478 e. The van der Waals surface area contributed by atoms with Crippen LogP contribution in [0.5, 0.6) is 0 Å². The van der Waals surface area contributed by atoms with Crippen LogP contribution in [0.25, 0.3) is 0 Å². The van der Waals surface area contributed by atoms with Gasteiger partial charge < -0.3 is 9.84 Å². The molecule has 0 saturated heterocycles. The van der Waals surface area contributed by atoms with Gasteiger partial charge in [-0.2, -0.15) is 0 Å². The van der Waals surface area contributed by atoms with Crippen molar-refractivity contribution in [1.29, 1.82) is 0 Å². The molecule has 0 aliphatic carbocycles. The van der Waals surface area contributed by atoms with Crippen LogP contribution in [0.3, 0.4) is 0 Å². The van der Waals surface area contributed by atoms with Gasteiger partial charge in [-0.25, -0.2) is 9.18 Å².